The summed E-state index contributed by atoms with van der Waals surface area (Å²) in [6, 6.07) is 1.21. The van der Waals surface area contributed by atoms with Gasteiger partial charge in [-0.1, -0.05) is 6.08 Å². The molecule has 4 nitrogen and oxygen atoms in total. The Kier molecular flexibility index (Phi) is 3.56. The molecule has 0 aromatic heterocycles. The van der Waals surface area contributed by atoms with Crippen molar-refractivity contribution in [3.05, 3.63) is 41.2 Å². The average molecular weight is 278 g/mol. The molecule has 20 heavy (non-hydrogen) atoms. The van der Waals surface area contributed by atoms with Crippen LogP contribution in [0.25, 0.3) is 0 Å². The van der Waals surface area contributed by atoms with Crippen molar-refractivity contribution in [2.75, 3.05) is 5.73 Å². The van der Waals surface area contributed by atoms with Crippen molar-refractivity contribution in [3.63, 3.8) is 0 Å². The second-order valence-corrected chi connectivity index (χ2v) is 5.29. The van der Waals surface area contributed by atoms with Gasteiger partial charge in [0.25, 0.3) is 0 Å². The maximum absolute atomic E-state index is 13.7. The van der Waals surface area contributed by atoms with E-state index in [1.54, 1.807) is 6.92 Å². The van der Waals surface area contributed by atoms with Crippen LogP contribution in [0.2, 0.25) is 0 Å². The van der Waals surface area contributed by atoms with E-state index in [0.717, 1.165) is 5.56 Å². The summed E-state index contributed by atoms with van der Waals surface area (Å²) in [5.74, 6) is -0.635. The van der Waals surface area contributed by atoms with Gasteiger partial charge in [-0.25, -0.2) is 4.39 Å². The van der Waals surface area contributed by atoms with Gasteiger partial charge in [-0.15, -0.1) is 6.58 Å². The van der Waals surface area contributed by atoms with Gasteiger partial charge in [-0.2, -0.15) is 0 Å². The fraction of sp³-hybridized carbons (Fsp3) is 0.400. The van der Waals surface area contributed by atoms with Crippen LogP contribution in [0.4, 0.5) is 10.1 Å². The van der Waals surface area contributed by atoms with Crippen molar-refractivity contribution in [3.8, 4) is 0 Å². The number of rotatable bonds is 2. The summed E-state index contributed by atoms with van der Waals surface area (Å²) in [6.45, 7) is 6.76. The van der Waals surface area contributed by atoms with Crippen molar-refractivity contribution in [1.29, 1.82) is 0 Å². The molecule has 4 N–H and O–H groups in total. The van der Waals surface area contributed by atoms with E-state index in [0.29, 0.717) is 24.0 Å². The Morgan fingerprint density at radius 3 is 2.90 bits per heavy atom. The van der Waals surface area contributed by atoms with E-state index in [9.17, 15) is 14.3 Å². The van der Waals surface area contributed by atoms with E-state index in [2.05, 4.69) is 11.9 Å². The zero-order valence-corrected chi connectivity index (χ0v) is 11.7. The maximum Gasteiger partial charge on any atom is 0.217 e. The monoisotopic (exact) mass is 278 g/mol. The molecule has 0 radical (unpaired) electrons. The highest BCUT2D eigenvalue weighted by molar-refractivity contribution is 5.75. The zero-order valence-electron chi connectivity index (χ0n) is 11.7. The van der Waals surface area contributed by atoms with Crippen molar-refractivity contribution in [2.45, 2.75) is 38.3 Å². The molecule has 0 aliphatic heterocycles. The van der Waals surface area contributed by atoms with Crippen LogP contribution in [0.15, 0.2) is 18.7 Å². The molecule has 1 amide bonds. The Bertz CT molecular complexity index is 586. The average Bonchev–Trinajstić information content (AvgIpc) is 2.37. The third kappa shape index (κ3) is 2.08. The summed E-state index contributed by atoms with van der Waals surface area (Å²) in [6.07, 6.45) is 1.47. The summed E-state index contributed by atoms with van der Waals surface area (Å²) in [4.78, 5) is 11.4. The minimum Gasteiger partial charge on any atom is -0.398 e. The van der Waals surface area contributed by atoms with Crippen LogP contribution in [0.3, 0.4) is 0 Å². The number of fused-ring (bicyclic) bond motifs is 1. The number of aliphatic hydroxyl groups is 1. The van der Waals surface area contributed by atoms with Gasteiger partial charge in [0, 0.05) is 18.2 Å². The van der Waals surface area contributed by atoms with E-state index in [-0.39, 0.29) is 17.4 Å². The number of nitrogen functional groups attached to an aromatic ring is 1. The molecule has 0 heterocycles. The molecular formula is C15H19FN2O2. The Balaban J connectivity index is 2.58. The number of halogens is 1. The number of anilines is 1. The first-order chi connectivity index (χ1) is 9.32. The highest BCUT2D eigenvalue weighted by atomic mass is 19.1. The first-order valence-corrected chi connectivity index (χ1v) is 6.50. The molecule has 5 heteroatoms. The molecule has 0 bridgehead atoms. The third-order valence-electron chi connectivity index (χ3n) is 4.05. The summed E-state index contributed by atoms with van der Waals surface area (Å²) >= 11 is 0. The fourth-order valence-corrected chi connectivity index (χ4v) is 2.94. The standard InChI is InChI=1S/C15H19FN2O2/c1-4-15(18-9(3)19)6-5-10-8(2)11(16)7-12(17)13(10)14(15)20/h4,7,14,20H,1,5-6,17H2,2-3H3,(H,18,19). The van der Waals surface area contributed by atoms with E-state index >= 15 is 0 Å². The number of carbonyl (C=O) groups excluding carboxylic acids is 1. The molecule has 0 spiro atoms. The van der Waals surface area contributed by atoms with Gasteiger partial charge in [0.2, 0.25) is 5.91 Å². The molecule has 2 atom stereocenters. The number of hydrogen-bond donors (Lipinski definition) is 3. The molecule has 0 saturated heterocycles. The molecule has 1 aliphatic carbocycles. The molecule has 2 unspecified atom stereocenters. The van der Waals surface area contributed by atoms with Crippen LogP contribution >= 0.6 is 0 Å². The van der Waals surface area contributed by atoms with Crippen LogP contribution in [-0.4, -0.2) is 16.6 Å². The van der Waals surface area contributed by atoms with Crippen molar-refractivity contribution >= 4 is 11.6 Å². The van der Waals surface area contributed by atoms with Gasteiger partial charge < -0.3 is 16.2 Å². The van der Waals surface area contributed by atoms with Crippen LogP contribution in [0.5, 0.6) is 0 Å². The number of aliphatic hydroxyl groups excluding tert-OH is 1. The number of benzene rings is 1. The fourth-order valence-electron chi connectivity index (χ4n) is 2.94. The largest absolute Gasteiger partial charge is 0.398 e. The van der Waals surface area contributed by atoms with Crippen LogP contribution in [-0.2, 0) is 11.2 Å². The highest BCUT2D eigenvalue weighted by Gasteiger charge is 2.42. The minimum atomic E-state index is -1.04. The predicted octanol–water partition coefficient (Wildman–Crippen LogP) is 1.76. The number of hydrogen-bond acceptors (Lipinski definition) is 3. The van der Waals surface area contributed by atoms with Gasteiger partial charge in [0.1, 0.15) is 11.9 Å². The first kappa shape index (κ1) is 14.5. The summed E-state index contributed by atoms with van der Waals surface area (Å²) in [7, 11) is 0. The second kappa shape index (κ2) is 4.90. The van der Waals surface area contributed by atoms with E-state index in [4.69, 9.17) is 5.73 Å². The zero-order chi connectivity index (χ0) is 15.1. The molecule has 1 aromatic carbocycles. The smallest absolute Gasteiger partial charge is 0.217 e. The highest BCUT2D eigenvalue weighted by Crippen LogP contribution is 2.42. The van der Waals surface area contributed by atoms with Gasteiger partial charge in [0.15, 0.2) is 0 Å². The van der Waals surface area contributed by atoms with Gasteiger partial charge in [0.05, 0.1) is 5.54 Å². The quantitative estimate of drug-likeness (QED) is 0.570. The first-order valence-electron chi connectivity index (χ1n) is 6.50. The van der Waals surface area contributed by atoms with Crippen LogP contribution in [0.1, 0.15) is 36.1 Å². The van der Waals surface area contributed by atoms with Gasteiger partial charge in [-0.3, -0.25) is 4.79 Å². The molecule has 0 fully saturated rings. The number of nitrogens with two attached hydrogens (primary N) is 1. The van der Waals surface area contributed by atoms with Gasteiger partial charge >= 0.3 is 0 Å². The van der Waals surface area contributed by atoms with E-state index < -0.39 is 11.6 Å². The van der Waals surface area contributed by atoms with E-state index in [1.165, 1.54) is 19.1 Å². The normalized spacial score (nSPS) is 24.9. The topological polar surface area (TPSA) is 75.4 Å². The van der Waals surface area contributed by atoms with Crippen molar-refractivity contribution in [2.24, 2.45) is 0 Å². The SMILES string of the molecule is C=CC1(NC(C)=O)CCc2c(C)c(F)cc(N)c2C1O. The molecule has 1 aromatic rings. The Hall–Kier alpha value is -1.88. The lowest BCUT2D eigenvalue weighted by atomic mass is 9.73. The summed E-state index contributed by atoms with van der Waals surface area (Å²) < 4.78 is 13.7. The molecule has 108 valence electrons. The lowest BCUT2D eigenvalue weighted by Crippen LogP contribution is -2.53. The number of amides is 1. The molecule has 1 aliphatic rings. The maximum atomic E-state index is 13.7. The molecule has 2 rings (SSSR count). The number of carbonyl (C=O) groups is 1. The van der Waals surface area contributed by atoms with Crippen molar-refractivity contribution < 1.29 is 14.3 Å². The van der Waals surface area contributed by atoms with Crippen LogP contribution in [0, 0.1) is 12.7 Å². The van der Waals surface area contributed by atoms with Gasteiger partial charge in [-0.05, 0) is 37.0 Å². The summed E-state index contributed by atoms with van der Waals surface area (Å²) in [5, 5.41) is 13.4. The van der Waals surface area contributed by atoms with E-state index in [1.807, 2.05) is 0 Å². The lowest BCUT2D eigenvalue weighted by molar-refractivity contribution is -0.122. The molecular weight excluding hydrogens is 259 g/mol. The lowest BCUT2D eigenvalue weighted by Gasteiger charge is -2.41. The Morgan fingerprint density at radius 2 is 2.35 bits per heavy atom. The Labute approximate surface area is 117 Å². The Morgan fingerprint density at radius 1 is 1.70 bits per heavy atom. The van der Waals surface area contributed by atoms with Crippen molar-refractivity contribution in [1.82, 2.24) is 5.32 Å². The summed E-state index contributed by atoms with van der Waals surface area (Å²) in [5.41, 5.74) is 6.80. The predicted molar refractivity (Wildman–Crippen MR) is 75.6 cm³/mol. The molecule has 0 saturated carbocycles. The third-order valence-corrected chi connectivity index (χ3v) is 4.05. The second-order valence-electron chi connectivity index (χ2n) is 5.29. The van der Waals surface area contributed by atoms with Crippen LogP contribution < -0.4 is 11.1 Å². The minimum absolute atomic E-state index is 0.201. The number of nitrogens with one attached hydrogen (secondary N) is 1.